The van der Waals surface area contributed by atoms with E-state index in [1.807, 2.05) is 0 Å². The van der Waals surface area contributed by atoms with Crippen molar-refractivity contribution in [2.24, 2.45) is 11.8 Å². The Kier molecular flexibility index (Phi) is 5.49. The van der Waals surface area contributed by atoms with Crippen LogP contribution in [-0.4, -0.2) is 74.9 Å². The number of ether oxygens (including phenoxy) is 2. The summed E-state index contributed by atoms with van der Waals surface area (Å²) < 4.78 is 10.8. The summed E-state index contributed by atoms with van der Waals surface area (Å²) in [4.78, 5) is 16.9. The van der Waals surface area contributed by atoms with Gasteiger partial charge in [0.25, 0.3) is 0 Å². The number of rotatable bonds is 4. The van der Waals surface area contributed by atoms with Crippen molar-refractivity contribution in [2.75, 3.05) is 59.2 Å². The number of nitrogens with zero attached hydrogens (tertiary/aromatic N) is 2. The lowest BCUT2D eigenvalue weighted by Crippen LogP contribution is -2.44. The lowest BCUT2D eigenvalue weighted by Gasteiger charge is -2.36. The molecule has 1 amide bonds. The Morgan fingerprint density at radius 1 is 0.905 bits per heavy atom. The lowest BCUT2D eigenvalue weighted by atomic mass is 9.95. The molecule has 120 valence electrons. The summed E-state index contributed by atoms with van der Waals surface area (Å²) in [6.45, 7) is 8.58. The Hall–Kier alpha value is -0.650. The first-order valence-corrected chi connectivity index (χ1v) is 8.47. The van der Waals surface area contributed by atoms with Crippen LogP contribution in [0.15, 0.2) is 0 Å². The maximum Gasteiger partial charge on any atom is 0.222 e. The molecule has 0 spiro atoms. The number of carbonyl (C=O) groups is 1. The van der Waals surface area contributed by atoms with E-state index in [1.165, 1.54) is 6.54 Å². The van der Waals surface area contributed by atoms with Crippen LogP contribution in [0.2, 0.25) is 0 Å². The van der Waals surface area contributed by atoms with Gasteiger partial charge in [0.15, 0.2) is 0 Å². The number of carbonyl (C=O) groups excluding carboxylic acids is 1. The third kappa shape index (κ3) is 4.41. The average Bonchev–Trinajstić information content (AvgIpc) is 3.02. The molecule has 3 rings (SSSR count). The van der Waals surface area contributed by atoms with Gasteiger partial charge in [0, 0.05) is 52.4 Å². The van der Waals surface area contributed by atoms with Crippen LogP contribution in [0.4, 0.5) is 0 Å². The molecule has 3 aliphatic rings. The highest BCUT2D eigenvalue weighted by Crippen LogP contribution is 2.22. The van der Waals surface area contributed by atoms with Gasteiger partial charge in [-0.1, -0.05) is 0 Å². The molecule has 0 bridgehead atoms. The van der Waals surface area contributed by atoms with Crippen molar-refractivity contribution in [1.29, 1.82) is 0 Å². The third-order valence-corrected chi connectivity index (χ3v) is 5.07. The summed E-state index contributed by atoms with van der Waals surface area (Å²) in [5.41, 5.74) is 0. The second-order valence-corrected chi connectivity index (χ2v) is 6.67. The first-order valence-electron chi connectivity index (χ1n) is 8.47. The van der Waals surface area contributed by atoms with Crippen LogP contribution < -0.4 is 0 Å². The quantitative estimate of drug-likeness (QED) is 0.776. The Labute approximate surface area is 127 Å². The second kappa shape index (κ2) is 7.56. The van der Waals surface area contributed by atoms with Crippen LogP contribution in [-0.2, 0) is 14.3 Å². The van der Waals surface area contributed by atoms with Crippen molar-refractivity contribution in [2.45, 2.75) is 25.7 Å². The van der Waals surface area contributed by atoms with Gasteiger partial charge in [-0.3, -0.25) is 9.69 Å². The largest absolute Gasteiger partial charge is 0.381 e. The predicted molar refractivity (Wildman–Crippen MR) is 80.1 cm³/mol. The zero-order valence-corrected chi connectivity index (χ0v) is 13.0. The molecule has 0 unspecified atom stereocenters. The molecule has 5 heteroatoms. The van der Waals surface area contributed by atoms with Crippen molar-refractivity contribution in [3.05, 3.63) is 0 Å². The fraction of sp³-hybridized carbons (Fsp3) is 0.938. The first kappa shape index (κ1) is 15.3. The maximum atomic E-state index is 12.3. The Balaban J connectivity index is 1.36. The van der Waals surface area contributed by atoms with Crippen LogP contribution in [0.1, 0.15) is 25.7 Å². The Morgan fingerprint density at radius 3 is 2.33 bits per heavy atom. The summed E-state index contributed by atoms with van der Waals surface area (Å²) >= 11 is 0. The number of hydrogen-bond donors (Lipinski definition) is 0. The van der Waals surface area contributed by atoms with E-state index in [0.29, 0.717) is 18.2 Å². The topological polar surface area (TPSA) is 42.0 Å². The lowest BCUT2D eigenvalue weighted by molar-refractivity contribution is -0.133. The predicted octanol–water partition coefficient (Wildman–Crippen LogP) is 0.984. The first-order chi connectivity index (χ1) is 10.3. The van der Waals surface area contributed by atoms with Gasteiger partial charge in [0.2, 0.25) is 5.91 Å². The molecular weight excluding hydrogens is 268 g/mol. The molecule has 0 aromatic carbocycles. The molecule has 3 saturated heterocycles. The maximum absolute atomic E-state index is 12.3. The minimum atomic E-state index is 0.343. The highest BCUT2D eigenvalue weighted by Gasteiger charge is 2.27. The van der Waals surface area contributed by atoms with Gasteiger partial charge in [-0.2, -0.15) is 0 Å². The molecule has 3 heterocycles. The number of hydrogen-bond acceptors (Lipinski definition) is 4. The standard InChI is InChI=1S/C16H28N2O3/c19-16(11-15-3-8-21-13-15)18-4-1-14(2-5-18)12-17-6-9-20-10-7-17/h14-15H,1-13H2/t15-/m1/s1. The molecular formula is C16H28N2O3. The summed E-state index contributed by atoms with van der Waals surface area (Å²) in [5.74, 6) is 1.56. The van der Waals surface area contributed by atoms with Crippen molar-refractivity contribution in [1.82, 2.24) is 9.80 Å². The Morgan fingerprint density at radius 2 is 1.67 bits per heavy atom. The normalized spacial score (nSPS) is 29.0. The molecule has 0 aromatic heterocycles. The van der Waals surface area contributed by atoms with Crippen molar-refractivity contribution in [3.63, 3.8) is 0 Å². The average molecular weight is 296 g/mol. The molecule has 3 fully saturated rings. The van der Waals surface area contributed by atoms with Crippen molar-refractivity contribution >= 4 is 5.91 Å². The molecule has 0 aromatic rings. The van der Waals surface area contributed by atoms with Gasteiger partial charge in [0.1, 0.15) is 0 Å². The van der Waals surface area contributed by atoms with Gasteiger partial charge in [-0.15, -0.1) is 0 Å². The summed E-state index contributed by atoms with van der Waals surface area (Å²) in [6.07, 6.45) is 4.06. The minimum absolute atomic E-state index is 0.343. The van der Waals surface area contributed by atoms with E-state index in [1.54, 1.807) is 0 Å². The van der Waals surface area contributed by atoms with E-state index >= 15 is 0 Å². The van der Waals surface area contributed by atoms with Crippen molar-refractivity contribution in [3.8, 4) is 0 Å². The number of likely N-dealkylation sites (tertiary alicyclic amines) is 1. The molecule has 0 radical (unpaired) electrons. The SMILES string of the molecule is O=C(C[C@H]1CCOC1)N1CCC(CN2CCOCC2)CC1. The van der Waals surface area contributed by atoms with E-state index in [0.717, 1.165) is 77.8 Å². The minimum Gasteiger partial charge on any atom is -0.381 e. The van der Waals surface area contributed by atoms with E-state index in [9.17, 15) is 4.79 Å². The summed E-state index contributed by atoms with van der Waals surface area (Å²) in [7, 11) is 0. The highest BCUT2D eigenvalue weighted by atomic mass is 16.5. The molecule has 21 heavy (non-hydrogen) atoms. The van der Waals surface area contributed by atoms with Crippen molar-refractivity contribution < 1.29 is 14.3 Å². The number of piperidine rings is 1. The Bertz CT molecular complexity index is 330. The molecule has 5 nitrogen and oxygen atoms in total. The van der Waals surface area contributed by atoms with Crippen LogP contribution in [0.3, 0.4) is 0 Å². The molecule has 0 aliphatic carbocycles. The van der Waals surface area contributed by atoms with E-state index in [2.05, 4.69) is 9.80 Å². The van der Waals surface area contributed by atoms with Gasteiger partial charge in [-0.05, 0) is 31.1 Å². The molecule has 0 saturated carbocycles. The third-order valence-electron chi connectivity index (χ3n) is 5.07. The summed E-state index contributed by atoms with van der Waals surface area (Å²) in [6, 6.07) is 0. The number of morpholine rings is 1. The monoisotopic (exact) mass is 296 g/mol. The van der Waals surface area contributed by atoms with Crippen LogP contribution >= 0.6 is 0 Å². The van der Waals surface area contributed by atoms with Crippen LogP contribution in [0.5, 0.6) is 0 Å². The van der Waals surface area contributed by atoms with Gasteiger partial charge in [0.05, 0.1) is 13.2 Å². The smallest absolute Gasteiger partial charge is 0.222 e. The zero-order chi connectivity index (χ0) is 14.5. The molecule has 0 N–H and O–H groups in total. The summed E-state index contributed by atoms with van der Waals surface area (Å²) in [5, 5.41) is 0. The zero-order valence-electron chi connectivity index (χ0n) is 13.0. The number of amides is 1. The fourth-order valence-electron chi connectivity index (χ4n) is 3.63. The van der Waals surface area contributed by atoms with Gasteiger partial charge in [-0.25, -0.2) is 0 Å². The second-order valence-electron chi connectivity index (χ2n) is 6.67. The van der Waals surface area contributed by atoms with Gasteiger partial charge >= 0.3 is 0 Å². The van der Waals surface area contributed by atoms with Crippen LogP contribution in [0.25, 0.3) is 0 Å². The molecule has 3 aliphatic heterocycles. The fourth-order valence-corrected chi connectivity index (χ4v) is 3.63. The van der Waals surface area contributed by atoms with E-state index < -0.39 is 0 Å². The van der Waals surface area contributed by atoms with Crippen LogP contribution in [0, 0.1) is 11.8 Å². The van der Waals surface area contributed by atoms with Gasteiger partial charge < -0.3 is 14.4 Å². The highest BCUT2D eigenvalue weighted by molar-refractivity contribution is 5.76. The van der Waals surface area contributed by atoms with E-state index in [4.69, 9.17) is 9.47 Å². The molecule has 1 atom stereocenters. The van der Waals surface area contributed by atoms with E-state index in [-0.39, 0.29) is 0 Å².